The highest BCUT2D eigenvalue weighted by Crippen LogP contribution is 2.43. The summed E-state index contributed by atoms with van der Waals surface area (Å²) in [5, 5.41) is 0. The molecule has 0 heterocycles. The van der Waals surface area contributed by atoms with E-state index in [4.69, 9.17) is 4.74 Å². The fraction of sp³-hybridized carbons (Fsp3) is 0.286. The van der Waals surface area contributed by atoms with Crippen LogP contribution in [0.1, 0.15) is 49.8 Å². The van der Waals surface area contributed by atoms with E-state index in [1.165, 1.54) is 0 Å². The van der Waals surface area contributed by atoms with Crippen molar-refractivity contribution in [2.24, 2.45) is 5.92 Å². The largest absolute Gasteiger partial charge is 0.357 e. The monoisotopic (exact) mass is 384 g/mol. The van der Waals surface area contributed by atoms with Gasteiger partial charge in [0.1, 0.15) is 5.60 Å². The molecule has 3 aromatic rings. The molecule has 1 nitrogen and oxygen atoms in total. The van der Waals surface area contributed by atoms with Gasteiger partial charge < -0.3 is 4.74 Å². The SMILES string of the molecule is C=CCC(OC(c1ccccc1)(c1ccccc1)c1ccccc1)C(C)CCC. The van der Waals surface area contributed by atoms with Gasteiger partial charge in [-0.25, -0.2) is 0 Å². The topological polar surface area (TPSA) is 9.23 Å². The van der Waals surface area contributed by atoms with E-state index in [0.29, 0.717) is 5.92 Å². The lowest BCUT2D eigenvalue weighted by atomic mass is 9.79. The van der Waals surface area contributed by atoms with Crippen LogP contribution < -0.4 is 0 Å². The molecular formula is C28H32O. The molecule has 0 aliphatic heterocycles. The third kappa shape index (κ3) is 4.68. The fourth-order valence-corrected chi connectivity index (χ4v) is 4.15. The molecule has 0 N–H and O–H groups in total. The van der Waals surface area contributed by atoms with Crippen LogP contribution in [0.15, 0.2) is 104 Å². The van der Waals surface area contributed by atoms with E-state index in [0.717, 1.165) is 36.0 Å². The van der Waals surface area contributed by atoms with Crippen LogP contribution in [0.25, 0.3) is 0 Å². The quantitative estimate of drug-likeness (QED) is 0.262. The van der Waals surface area contributed by atoms with Crippen LogP contribution in [0.5, 0.6) is 0 Å². The summed E-state index contributed by atoms with van der Waals surface area (Å²) in [7, 11) is 0. The van der Waals surface area contributed by atoms with Crippen LogP contribution in [-0.2, 0) is 10.3 Å². The van der Waals surface area contributed by atoms with Crippen molar-refractivity contribution in [3.63, 3.8) is 0 Å². The van der Waals surface area contributed by atoms with E-state index in [-0.39, 0.29) is 6.10 Å². The Morgan fingerprint density at radius 3 is 1.55 bits per heavy atom. The van der Waals surface area contributed by atoms with E-state index in [2.05, 4.69) is 111 Å². The summed E-state index contributed by atoms with van der Waals surface area (Å²) in [5.41, 5.74) is 2.78. The van der Waals surface area contributed by atoms with Crippen LogP contribution in [0.2, 0.25) is 0 Å². The normalized spacial score (nSPS) is 13.6. The third-order valence-electron chi connectivity index (χ3n) is 5.65. The van der Waals surface area contributed by atoms with Gasteiger partial charge in [0.25, 0.3) is 0 Å². The Labute approximate surface area is 176 Å². The summed E-state index contributed by atoms with van der Waals surface area (Å²) >= 11 is 0. The van der Waals surface area contributed by atoms with Crippen LogP contribution >= 0.6 is 0 Å². The zero-order valence-electron chi connectivity index (χ0n) is 17.6. The smallest absolute Gasteiger partial charge is 0.144 e. The van der Waals surface area contributed by atoms with Crippen molar-refractivity contribution < 1.29 is 4.74 Å². The van der Waals surface area contributed by atoms with Crippen molar-refractivity contribution in [2.75, 3.05) is 0 Å². The first kappa shape index (κ1) is 21.1. The number of hydrogen-bond donors (Lipinski definition) is 0. The van der Waals surface area contributed by atoms with Crippen molar-refractivity contribution in [2.45, 2.75) is 44.8 Å². The third-order valence-corrected chi connectivity index (χ3v) is 5.65. The minimum Gasteiger partial charge on any atom is -0.357 e. The van der Waals surface area contributed by atoms with E-state index in [9.17, 15) is 0 Å². The molecule has 0 aromatic heterocycles. The van der Waals surface area contributed by atoms with Gasteiger partial charge in [-0.1, -0.05) is 117 Å². The molecule has 0 spiro atoms. The highest BCUT2D eigenvalue weighted by Gasteiger charge is 2.40. The summed E-state index contributed by atoms with van der Waals surface area (Å²) in [6.07, 6.45) is 5.17. The number of ether oxygens (including phenoxy) is 1. The average molecular weight is 385 g/mol. The van der Waals surface area contributed by atoms with Crippen LogP contribution in [0, 0.1) is 5.92 Å². The van der Waals surface area contributed by atoms with E-state index >= 15 is 0 Å². The maximum Gasteiger partial charge on any atom is 0.144 e. The van der Waals surface area contributed by atoms with Gasteiger partial charge >= 0.3 is 0 Å². The highest BCUT2D eigenvalue weighted by molar-refractivity contribution is 5.47. The van der Waals surface area contributed by atoms with Gasteiger partial charge in [0.05, 0.1) is 6.10 Å². The Morgan fingerprint density at radius 2 is 1.21 bits per heavy atom. The summed E-state index contributed by atoms with van der Waals surface area (Å²) in [4.78, 5) is 0. The predicted octanol–water partition coefficient (Wildman–Crippen LogP) is 7.38. The van der Waals surface area contributed by atoms with Crippen LogP contribution in [-0.4, -0.2) is 6.10 Å². The number of rotatable bonds is 10. The second-order valence-electron chi connectivity index (χ2n) is 7.73. The molecule has 0 amide bonds. The Morgan fingerprint density at radius 1 is 0.793 bits per heavy atom. The second-order valence-corrected chi connectivity index (χ2v) is 7.73. The molecule has 150 valence electrons. The van der Waals surface area contributed by atoms with Crippen molar-refractivity contribution in [1.82, 2.24) is 0 Å². The minimum atomic E-state index is -0.667. The zero-order valence-corrected chi connectivity index (χ0v) is 17.6. The Bertz CT molecular complexity index is 758. The Balaban J connectivity index is 2.23. The van der Waals surface area contributed by atoms with E-state index in [1.807, 2.05) is 6.08 Å². The number of hydrogen-bond acceptors (Lipinski definition) is 1. The van der Waals surface area contributed by atoms with Gasteiger partial charge in [0, 0.05) is 0 Å². The van der Waals surface area contributed by atoms with Gasteiger partial charge in [-0.2, -0.15) is 0 Å². The minimum absolute atomic E-state index is 0.0769. The van der Waals surface area contributed by atoms with Crippen LogP contribution in [0.4, 0.5) is 0 Å². The lowest BCUT2D eigenvalue weighted by Gasteiger charge is -2.40. The van der Waals surface area contributed by atoms with E-state index < -0.39 is 5.60 Å². The molecule has 2 atom stereocenters. The molecule has 3 rings (SSSR count). The molecule has 0 radical (unpaired) electrons. The molecule has 0 aliphatic rings. The lowest BCUT2D eigenvalue weighted by molar-refractivity contribution is -0.0711. The summed E-state index contributed by atoms with van der Waals surface area (Å²) in [6.45, 7) is 8.54. The molecule has 0 aliphatic carbocycles. The summed E-state index contributed by atoms with van der Waals surface area (Å²) in [6, 6.07) is 31.8. The molecule has 0 bridgehead atoms. The first-order valence-corrected chi connectivity index (χ1v) is 10.7. The van der Waals surface area contributed by atoms with Crippen molar-refractivity contribution >= 4 is 0 Å². The van der Waals surface area contributed by atoms with Crippen molar-refractivity contribution in [3.05, 3.63) is 120 Å². The Hall–Kier alpha value is -2.64. The summed E-state index contributed by atoms with van der Waals surface area (Å²) < 4.78 is 7.18. The van der Waals surface area contributed by atoms with Crippen molar-refractivity contribution in [3.8, 4) is 0 Å². The average Bonchev–Trinajstić information content (AvgIpc) is 2.79. The summed E-state index contributed by atoms with van der Waals surface area (Å²) in [5.74, 6) is 0.438. The van der Waals surface area contributed by atoms with Gasteiger partial charge in [0.15, 0.2) is 0 Å². The second kappa shape index (κ2) is 10.2. The molecular weight excluding hydrogens is 352 g/mol. The highest BCUT2D eigenvalue weighted by atomic mass is 16.5. The molecule has 3 aromatic carbocycles. The van der Waals surface area contributed by atoms with Gasteiger partial charge in [-0.05, 0) is 35.4 Å². The van der Waals surface area contributed by atoms with Gasteiger partial charge in [-0.3, -0.25) is 0 Å². The van der Waals surface area contributed by atoms with E-state index in [1.54, 1.807) is 0 Å². The predicted molar refractivity (Wildman–Crippen MR) is 123 cm³/mol. The molecule has 2 unspecified atom stereocenters. The van der Waals surface area contributed by atoms with Crippen LogP contribution in [0.3, 0.4) is 0 Å². The maximum absolute atomic E-state index is 7.18. The molecule has 0 fully saturated rings. The fourth-order valence-electron chi connectivity index (χ4n) is 4.15. The standard InChI is InChI=1S/C28H32O/c1-4-15-23(3)27(16-5-2)29-28(24-17-9-6-10-18-24,25-19-11-7-12-20-25)26-21-13-8-14-22-26/h5-14,17-23,27H,2,4,15-16H2,1,3H3. The lowest BCUT2D eigenvalue weighted by Crippen LogP contribution is -2.39. The molecule has 0 saturated heterocycles. The van der Waals surface area contributed by atoms with Gasteiger partial charge in [0.2, 0.25) is 0 Å². The Kier molecular flexibility index (Phi) is 7.43. The zero-order chi connectivity index (χ0) is 20.5. The first-order chi connectivity index (χ1) is 14.2. The molecule has 1 heteroatoms. The molecule has 29 heavy (non-hydrogen) atoms. The first-order valence-electron chi connectivity index (χ1n) is 10.7. The molecule has 0 saturated carbocycles. The maximum atomic E-state index is 7.18. The van der Waals surface area contributed by atoms with Crippen molar-refractivity contribution in [1.29, 1.82) is 0 Å². The number of benzene rings is 3. The van der Waals surface area contributed by atoms with Gasteiger partial charge in [-0.15, -0.1) is 6.58 Å².